The smallest absolute Gasteiger partial charge is 0.280 e. The highest BCUT2D eigenvalue weighted by Crippen LogP contribution is 2.33. The first kappa shape index (κ1) is 21.5. The van der Waals surface area contributed by atoms with Crippen LogP contribution in [0.4, 0.5) is 10.1 Å². The number of aromatic nitrogens is 2. The largest absolute Gasteiger partial charge is 0.487 e. The number of benzene rings is 2. The number of nitrogens with one attached hydrogen (secondary N) is 1. The SMILES string of the molecule is COCCOc1c(Cl)cccc1NC(=O)c1nn(-c2ccccc2F)c(C)cc1=O. The third-order valence-corrected chi connectivity index (χ3v) is 4.45. The minimum atomic E-state index is -0.774. The monoisotopic (exact) mass is 431 g/mol. The van der Waals surface area contributed by atoms with Gasteiger partial charge in [0.15, 0.2) is 11.4 Å². The minimum Gasteiger partial charge on any atom is -0.487 e. The summed E-state index contributed by atoms with van der Waals surface area (Å²) in [4.78, 5) is 25.2. The fourth-order valence-electron chi connectivity index (χ4n) is 2.73. The average Bonchev–Trinajstić information content (AvgIpc) is 2.71. The molecule has 30 heavy (non-hydrogen) atoms. The number of rotatable bonds is 7. The maximum Gasteiger partial charge on any atom is 0.280 e. The topological polar surface area (TPSA) is 82.4 Å². The van der Waals surface area contributed by atoms with E-state index >= 15 is 0 Å². The van der Waals surface area contributed by atoms with E-state index in [0.717, 1.165) is 0 Å². The Kier molecular flexibility index (Phi) is 6.81. The summed E-state index contributed by atoms with van der Waals surface area (Å²) in [6.45, 7) is 2.14. The zero-order valence-electron chi connectivity index (χ0n) is 16.3. The molecule has 1 amide bonds. The predicted molar refractivity (Wildman–Crippen MR) is 111 cm³/mol. The summed E-state index contributed by atoms with van der Waals surface area (Å²) >= 11 is 6.17. The number of hydrogen-bond acceptors (Lipinski definition) is 5. The molecule has 0 aliphatic heterocycles. The number of anilines is 1. The lowest BCUT2D eigenvalue weighted by molar-refractivity contribution is 0.101. The lowest BCUT2D eigenvalue weighted by Crippen LogP contribution is -2.27. The number of nitrogens with zero attached hydrogens (tertiary/aromatic N) is 2. The number of hydrogen-bond donors (Lipinski definition) is 1. The van der Waals surface area contributed by atoms with E-state index in [-0.39, 0.29) is 28.8 Å². The van der Waals surface area contributed by atoms with Gasteiger partial charge in [-0.1, -0.05) is 29.8 Å². The Morgan fingerprint density at radius 1 is 1.20 bits per heavy atom. The molecule has 0 radical (unpaired) electrons. The molecular formula is C21H19ClFN3O4. The summed E-state index contributed by atoms with van der Waals surface area (Å²) in [5.41, 5.74) is -0.223. The van der Waals surface area contributed by atoms with Crippen LogP contribution in [0.3, 0.4) is 0 Å². The molecule has 0 unspecified atom stereocenters. The van der Waals surface area contributed by atoms with E-state index < -0.39 is 22.8 Å². The quantitative estimate of drug-likeness (QED) is 0.578. The van der Waals surface area contributed by atoms with Gasteiger partial charge in [-0.3, -0.25) is 9.59 Å². The molecule has 1 aromatic heterocycles. The normalized spacial score (nSPS) is 10.7. The van der Waals surface area contributed by atoms with E-state index in [0.29, 0.717) is 12.3 Å². The lowest BCUT2D eigenvalue weighted by Gasteiger charge is -2.15. The Hall–Kier alpha value is -3.23. The van der Waals surface area contributed by atoms with Gasteiger partial charge < -0.3 is 14.8 Å². The van der Waals surface area contributed by atoms with Gasteiger partial charge in [-0.25, -0.2) is 9.07 Å². The highest BCUT2D eigenvalue weighted by molar-refractivity contribution is 6.32. The zero-order valence-corrected chi connectivity index (χ0v) is 17.1. The van der Waals surface area contributed by atoms with Gasteiger partial charge in [0.2, 0.25) is 5.43 Å². The van der Waals surface area contributed by atoms with Crippen LogP contribution >= 0.6 is 11.6 Å². The van der Waals surface area contributed by atoms with Crippen LogP contribution in [0.2, 0.25) is 5.02 Å². The zero-order chi connectivity index (χ0) is 21.7. The standard InChI is InChI=1S/C21H19ClFN3O4/c1-13-12-18(27)19(25-26(13)17-9-4-3-7-15(17)23)21(28)24-16-8-5-6-14(22)20(16)30-11-10-29-2/h3-9,12H,10-11H2,1-2H3,(H,24,28). The lowest BCUT2D eigenvalue weighted by atomic mass is 10.2. The molecule has 1 N–H and O–H groups in total. The van der Waals surface area contributed by atoms with Gasteiger partial charge in [-0.05, 0) is 31.2 Å². The second kappa shape index (κ2) is 9.51. The average molecular weight is 432 g/mol. The molecule has 0 bridgehead atoms. The minimum absolute atomic E-state index is 0.121. The fourth-order valence-corrected chi connectivity index (χ4v) is 2.96. The molecule has 2 aromatic carbocycles. The van der Waals surface area contributed by atoms with Crippen LogP contribution in [0.25, 0.3) is 5.69 Å². The van der Waals surface area contributed by atoms with Gasteiger partial charge in [0, 0.05) is 18.9 Å². The Labute approximate surface area is 177 Å². The van der Waals surface area contributed by atoms with Crippen molar-refractivity contribution < 1.29 is 18.7 Å². The van der Waals surface area contributed by atoms with Crippen LogP contribution in [0, 0.1) is 12.7 Å². The van der Waals surface area contributed by atoms with Crippen molar-refractivity contribution in [2.24, 2.45) is 0 Å². The molecule has 1 heterocycles. The number of carbonyl (C=O) groups excluding carboxylic acids is 1. The molecule has 156 valence electrons. The molecule has 0 aliphatic rings. The molecule has 3 aromatic rings. The Morgan fingerprint density at radius 2 is 1.97 bits per heavy atom. The summed E-state index contributed by atoms with van der Waals surface area (Å²) in [5, 5.41) is 6.96. The Morgan fingerprint density at radius 3 is 2.70 bits per heavy atom. The van der Waals surface area contributed by atoms with Gasteiger partial charge in [0.05, 0.1) is 17.3 Å². The second-order valence-corrected chi connectivity index (χ2v) is 6.68. The number of aryl methyl sites for hydroxylation is 1. The molecule has 0 spiro atoms. The number of para-hydroxylation sites is 2. The van der Waals surface area contributed by atoms with Crippen molar-refractivity contribution in [1.82, 2.24) is 9.78 Å². The van der Waals surface area contributed by atoms with Crippen molar-refractivity contribution >= 4 is 23.2 Å². The number of halogens is 2. The third kappa shape index (κ3) is 4.67. The summed E-state index contributed by atoms with van der Waals surface area (Å²) in [6.07, 6.45) is 0. The number of methoxy groups -OCH3 is 1. The molecule has 0 saturated heterocycles. The summed E-state index contributed by atoms with van der Waals surface area (Å²) < 4.78 is 25.9. The first-order chi connectivity index (χ1) is 14.4. The maximum atomic E-state index is 14.2. The van der Waals surface area contributed by atoms with Gasteiger partial charge in [-0.15, -0.1) is 0 Å². The van der Waals surface area contributed by atoms with Crippen LogP contribution in [-0.4, -0.2) is 36.0 Å². The first-order valence-corrected chi connectivity index (χ1v) is 9.37. The number of amides is 1. The van der Waals surface area contributed by atoms with Crippen molar-refractivity contribution in [2.75, 3.05) is 25.6 Å². The van der Waals surface area contributed by atoms with Crippen molar-refractivity contribution in [3.05, 3.63) is 81.0 Å². The molecule has 9 heteroatoms. The van der Waals surface area contributed by atoms with Crippen molar-refractivity contribution in [1.29, 1.82) is 0 Å². The van der Waals surface area contributed by atoms with Crippen LogP contribution < -0.4 is 15.5 Å². The van der Waals surface area contributed by atoms with Crippen LogP contribution in [0.5, 0.6) is 5.75 Å². The number of ether oxygens (including phenoxy) is 2. The second-order valence-electron chi connectivity index (χ2n) is 6.27. The molecule has 0 aliphatic carbocycles. The van der Waals surface area contributed by atoms with Crippen LogP contribution in [0.1, 0.15) is 16.2 Å². The highest BCUT2D eigenvalue weighted by Gasteiger charge is 2.19. The molecule has 7 nitrogen and oxygen atoms in total. The molecular weight excluding hydrogens is 413 g/mol. The van der Waals surface area contributed by atoms with E-state index in [1.807, 2.05) is 0 Å². The fraction of sp³-hybridized carbons (Fsp3) is 0.190. The Bertz CT molecular complexity index is 1130. The molecule has 0 fully saturated rings. The van der Waals surface area contributed by atoms with Gasteiger partial charge in [0.25, 0.3) is 5.91 Å². The van der Waals surface area contributed by atoms with E-state index in [1.165, 1.54) is 36.1 Å². The summed E-state index contributed by atoms with van der Waals surface area (Å²) in [7, 11) is 1.53. The number of carbonyl (C=O) groups is 1. The van der Waals surface area contributed by atoms with E-state index in [9.17, 15) is 14.0 Å². The predicted octanol–water partition coefficient (Wildman–Crippen LogP) is 3.61. The molecule has 0 atom stereocenters. The molecule has 3 rings (SSSR count). The van der Waals surface area contributed by atoms with Crippen molar-refractivity contribution in [3.63, 3.8) is 0 Å². The van der Waals surface area contributed by atoms with Gasteiger partial charge in [-0.2, -0.15) is 5.10 Å². The van der Waals surface area contributed by atoms with Crippen LogP contribution in [0.15, 0.2) is 53.3 Å². The maximum absolute atomic E-state index is 14.2. The van der Waals surface area contributed by atoms with E-state index in [2.05, 4.69) is 10.4 Å². The van der Waals surface area contributed by atoms with Gasteiger partial charge in [0.1, 0.15) is 18.1 Å². The molecule has 0 saturated carbocycles. The Balaban J connectivity index is 1.95. The van der Waals surface area contributed by atoms with Gasteiger partial charge >= 0.3 is 0 Å². The summed E-state index contributed by atoms with van der Waals surface area (Å²) in [5.74, 6) is -1.07. The van der Waals surface area contributed by atoms with Crippen LogP contribution in [-0.2, 0) is 4.74 Å². The highest BCUT2D eigenvalue weighted by atomic mass is 35.5. The van der Waals surface area contributed by atoms with Crippen molar-refractivity contribution in [2.45, 2.75) is 6.92 Å². The van der Waals surface area contributed by atoms with E-state index in [4.69, 9.17) is 21.1 Å². The summed E-state index contributed by atoms with van der Waals surface area (Å²) in [6, 6.07) is 12.0. The van der Waals surface area contributed by atoms with Crippen molar-refractivity contribution in [3.8, 4) is 11.4 Å². The third-order valence-electron chi connectivity index (χ3n) is 4.15. The first-order valence-electron chi connectivity index (χ1n) is 9.00. The van der Waals surface area contributed by atoms with E-state index in [1.54, 1.807) is 31.2 Å².